The Bertz CT molecular complexity index is 1410. The van der Waals surface area contributed by atoms with E-state index in [0.717, 1.165) is 42.0 Å². The number of aromatic nitrogens is 4. The van der Waals surface area contributed by atoms with Crippen LogP contribution in [0.15, 0.2) is 47.5 Å². The lowest BCUT2D eigenvalue weighted by molar-refractivity contribution is -0.141. The second-order valence-corrected chi connectivity index (χ2v) is 8.65. The van der Waals surface area contributed by atoms with Crippen molar-refractivity contribution in [3.63, 3.8) is 0 Å². The number of nitrogens with zero attached hydrogens (tertiary/aromatic N) is 3. The fourth-order valence-corrected chi connectivity index (χ4v) is 4.32. The third kappa shape index (κ3) is 4.53. The highest BCUT2D eigenvalue weighted by molar-refractivity contribution is 5.91. The van der Waals surface area contributed by atoms with E-state index in [-0.39, 0.29) is 17.2 Å². The number of rotatable bonds is 4. The van der Waals surface area contributed by atoms with E-state index >= 15 is 0 Å². The maximum Gasteiger partial charge on any atom is 0.433 e. The predicted molar refractivity (Wildman–Crippen MR) is 124 cm³/mol. The maximum absolute atomic E-state index is 13.0. The molecule has 1 aliphatic rings. The minimum atomic E-state index is -4.54. The summed E-state index contributed by atoms with van der Waals surface area (Å²) in [4.78, 5) is 23.9. The highest BCUT2D eigenvalue weighted by atomic mass is 19.4. The molecule has 35 heavy (non-hydrogen) atoms. The summed E-state index contributed by atoms with van der Waals surface area (Å²) < 4.78 is 52.0. The van der Waals surface area contributed by atoms with Gasteiger partial charge in [-0.15, -0.1) is 0 Å². The second-order valence-electron chi connectivity index (χ2n) is 8.65. The molecule has 0 saturated carbocycles. The molecule has 0 aliphatic carbocycles. The number of alkyl halides is 3. The summed E-state index contributed by atoms with van der Waals surface area (Å²) in [5.74, 6) is 1.54. The van der Waals surface area contributed by atoms with Gasteiger partial charge in [0.15, 0.2) is 5.75 Å². The van der Waals surface area contributed by atoms with Gasteiger partial charge in [0.05, 0.1) is 11.7 Å². The molecule has 3 aromatic heterocycles. The van der Waals surface area contributed by atoms with Crippen molar-refractivity contribution in [1.82, 2.24) is 19.5 Å². The van der Waals surface area contributed by atoms with E-state index in [2.05, 4.69) is 9.97 Å². The summed E-state index contributed by atoms with van der Waals surface area (Å²) >= 11 is 0. The van der Waals surface area contributed by atoms with E-state index in [1.807, 2.05) is 12.1 Å². The van der Waals surface area contributed by atoms with Crippen molar-refractivity contribution in [2.75, 3.05) is 13.2 Å². The smallest absolute Gasteiger partial charge is 0.433 e. The van der Waals surface area contributed by atoms with E-state index in [0.29, 0.717) is 35.6 Å². The Balaban J connectivity index is 1.64. The fourth-order valence-electron chi connectivity index (χ4n) is 4.32. The minimum Gasteiger partial charge on any atom is -0.453 e. The Hall–Kier alpha value is -3.66. The van der Waals surface area contributed by atoms with Crippen LogP contribution in [0.1, 0.15) is 35.8 Å². The summed E-state index contributed by atoms with van der Waals surface area (Å²) in [5.41, 5.74) is 2.10. The molecule has 4 heterocycles. The number of ether oxygens (including phenoxy) is 2. The first kappa shape index (κ1) is 23.1. The van der Waals surface area contributed by atoms with Crippen molar-refractivity contribution in [3.8, 4) is 22.6 Å². The van der Waals surface area contributed by atoms with Crippen LogP contribution in [0.3, 0.4) is 0 Å². The number of H-pyrrole nitrogens is 1. The van der Waals surface area contributed by atoms with Crippen molar-refractivity contribution in [2.45, 2.75) is 31.9 Å². The molecule has 0 atom stereocenters. The van der Waals surface area contributed by atoms with Crippen LogP contribution in [0, 0.1) is 6.92 Å². The molecule has 182 valence electrons. The number of imidazole rings is 1. The Morgan fingerprint density at radius 1 is 1.17 bits per heavy atom. The molecule has 7 nitrogen and oxygen atoms in total. The van der Waals surface area contributed by atoms with Crippen LogP contribution in [0.5, 0.6) is 11.5 Å². The Kier molecular flexibility index (Phi) is 5.84. The molecule has 1 fully saturated rings. The number of halogens is 3. The largest absolute Gasteiger partial charge is 0.453 e. The Morgan fingerprint density at radius 2 is 1.94 bits per heavy atom. The van der Waals surface area contributed by atoms with Crippen LogP contribution in [-0.2, 0) is 18.0 Å². The average molecular weight is 484 g/mol. The molecule has 1 aliphatic heterocycles. The lowest BCUT2D eigenvalue weighted by atomic mass is 10.00. The molecule has 0 spiro atoms. The van der Waals surface area contributed by atoms with Gasteiger partial charge in [0.2, 0.25) is 0 Å². The summed E-state index contributed by atoms with van der Waals surface area (Å²) in [7, 11) is 1.66. The summed E-state index contributed by atoms with van der Waals surface area (Å²) in [6.45, 7) is 3.04. The second kappa shape index (κ2) is 8.84. The van der Waals surface area contributed by atoms with E-state index in [1.54, 1.807) is 26.2 Å². The number of fused-ring (bicyclic) bond motifs is 1. The van der Waals surface area contributed by atoms with Crippen molar-refractivity contribution in [2.24, 2.45) is 7.05 Å². The summed E-state index contributed by atoms with van der Waals surface area (Å²) in [5, 5.41) is 0. The van der Waals surface area contributed by atoms with Gasteiger partial charge in [0.1, 0.15) is 22.8 Å². The number of aryl methyl sites for hydroxylation is 2. The Labute approximate surface area is 198 Å². The van der Waals surface area contributed by atoms with Crippen LogP contribution in [-0.4, -0.2) is 32.7 Å². The van der Waals surface area contributed by atoms with Crippen LogP contribution in [0.25, 0.3) is 22.2 Å². The third-order valence-corrected chi connectivity index (χ3v) is 6.15. The quantitative estimate of drug-likeness (QED) is 0.423. The Morgan fingerprint density at radius 3 is 2.60 bits per heavy atom. The SMILES string of the molecule is Cc1cc(-c2ccc3[nH]c(C4CCOCC4)nc3c2Oc2ccc(C(F)(F)F)nc2)cn(C)c1=O. The monoisotopic (exact) mass is 484 g/mol. The lowest BCUT2D eigenvalue weighted by Crippen LogP contribution is -2.18. The third-order valence-electron chi connectivity index (χ3n) is 6.15. The number of nitrogens with one attached hydrogen (secondary N) is 1. The molecule has 0 amide bonds. The molecule has 10 heteroatoms. The summed E-state index contributed by atoms with van der Waals surface area (Å²) in [6, 6.07) is 7.60. The van der Waals surface area contributed by atoms with Gasteiger partial charge in [-0.25, -0.2) is 9.97 Å². The van der Waals surface area contributed by atoms with Gasteiger partial charge in [0, 0.05) is 49.1 Å². The van der Waals surface area contributed by atoms with Gasteiger partial charge in [-0.05, 0) is 50.1 Å². The maximum atomic E-state index is 13.0. The summed E-state index contributed by atoms with van der Waals surface area (Å²) in [6.07, 6.45) is -0.127. The van der Waals surface area contributed by atoms with E-state index < -0.39 is 11.9 Å². The van der Waals surface area contributed by atoms with Crippen LogP contribution >= 0.6 is 0 Å². The van der Waals surface area contributed by atoms with Crippen molar-refractivity contribution < 1.29 is 22.6 Å². The zero-order chi connectivity index (χ0) is 24.7. The number of hydrogen-bond donors (Lipinski definition) is 1. The van der Waals surface area contributed by atoms with Gasteiger partial charge < -0.3 is 19.0 Å². The van der Waals surface area contributed by atoms with Crippen molar-refractivity contribution >= 4 is 11.0 Å². The molecule has 4 aromatic rings. The zero-order valence-electron chi connectivity index (χ0n) is 19.1. The number of pyridine rings is 2. The molecule has 0 bridgehead atoms. The molecular weight excluding hydrogens is 461 g/mol. The van der Waals surface area contributed by atoms with Gasteiger partial charge in [-0.2, -0.15) is 13.2 Å². The van der Waals surface area contributed by atoms with Gasteiger partial charge in [0.25, 0.3) is 5.56 Å². The van der Waals surface area contributed by atoms with Gasteiger partial charge >= 0.3 is 6.18 Å². The number of aromatic amines is 1. The molecule has 5 rings (SSSR count). The molecule has 0 radical (unpaired) electrons. The molecule has 1 aromatic carbocycles. The van der Waals surface area contributed by atoms with Crippen molar-refractivity contribution in [3.05, 3.63) is 70.2 Å². The molecule has 1 N–H and O–H groups in total. The van der Waals surface area contributed by atoms with Gasteiger partial charge in [-0.3, -0.25) is 4.79 Å². The van der Waals surface area contributed by atoms with Gasteiger partial charge in [-0.1, -0.05) is 0 Å². The molecule has 1 saturated heterocycles. The van der Waals surface area contributed by atoms with E-state index in [4.69, 9.17) is 14.5 Å². The van der Waals surface area contributed by atoms with Crippen LogP contribution in [0.4, 0.5) is 13.2 Å². The first-order valence-corrected chi connectivity index (χ1v) is 11.2. The standard InChI is InChI=1S/C25H23F3N4O3/c1-14-11-16(13-32(2)24(14)33)18-4-5-19-21(31-23(30-19)15-7-9-34-10-8-15)22(18)35-17-3-6-20(29-12-17)25(26,27)28/h3-6,11-13,15H,7-10H2,1-2H3,(H,30,31). The highest BCUT2D eigenvalue weighted by Crippen LogP contribution is 2.40. The highest BCUT2D eigenvalue weighted by Gasteiger charge is 2.32. The predicted octanol–water partition coefficient (Wildman–Crippen LogP) is 5.34. The lowest BCUT2D eigenvalue weighted by Gasteiger charge is -2.19. The first-order chi connectivity index (χ1) is 16.7. The van der Waals surface area contributed by atoms with Crippen molar-refractivity contribution in [1.29, 1.82) is 0 Å². The normalized spacial score (nSPS) is 15.0. The number of hydrogen-bond acceptors (Lipinski definition) is 5. The molecular formula is C25H23F3N4O3. The van der Waals surface area contributed by atoms with E-state index in [1.165, 1.54) is 10.6 Å². The topological polar surface area (TPSA) is 82.0 Å². The number of benzene rings is 1. The van der Waals surface area contributed by atoms with Crippen LogP contribution in [0.2, 0.25) is 0 Å². The average Bonchev–Trinajstić information content (AvgIpc) is 3.28. The van der Waals surface area contributed by atoms with Crippen LogP contribution < -0.4 is 10.3 Å². The zero-order valence-corrected chi connectivity index (χ0v) is 19.1. The fraction of sp³-hybridized carbons (Fsp3) is 0.320. The molecule has 0 unspecified atom stereocenters. The minimum absolute atomic E-state index is 0.120. The van der Waals surface area contributed by atoms with E-state index in [9.17, 15) is 18.0 Å². The first-order valence-electron chi connectivity index (χ1n) is 11.2.